The minimum absolute atomic E-state index is 0.857. The van der Waals surface area contributed by atoms with Gasteiger partial charge in [0.05, 0.1) is 5.69 Å². The Morgan fingerprint density at radius 2 is 0.789 bits per heavy atom. The van der Waals surface area contributed by atoms with E-state index in [1.807, 2.05) is 11.3 Å². The average Bonchev–Trinajstić information content (AvgIpc) is 3.86. The lowest BCUT2D eigenvalue weighted by Crippen LogP contribution is -2.10. The van der Waals surface area contributed by atoms with Crippen LogP contribution in [0.15, 0.2) is 217 Å². The van der Waals surface area contributed by atoms with Gasteiger partial charge in [-0.05, 0) is 81.4 Å². The van der Waals surface area contributed by atoms with Gasteiger partial charge in [-0.3, -0.25) is 0 Å². The third-order valence-corrected chi connectivity index (χ3v) is 12.3. The molecule has 0 aliphatic carbocycles. The Balaban J connectivity index is 1.02. The van der Waals surface area contributed by atoms with Gasteiger partial charge in [-0.2, -0.15) is 0 Å². The first-order chi connectivity index (χ1) is 28.2. The third kappa shape index (κ3) is 5.88. The van der Waals surface area contributed by atoms with Crippen molar-refractivity contribution in [1.82, 2.24) is 0 Å². The molecule has 0 N–H and O–H groups in total. The topological polar surface area (TPSA) is 16.4 Å². The number of hydrogen-bond donors (Lipinski definition) is 0. The predicted octanol–water partition coefficient (Wildman–Crippen LogP) is 16.1. The maximum atomic E-state index is 6.95. The molecule has 11 aromatic rings. The van der Waals surface area contributed by atoms with Gasteiger partial charge < -0.3 is 9.32 Å². The van der Waals surface area contributed by atoms with E-state index >= 15 is 0 Å². The number of thiophene rings is 1. The summed E-state index contributed by atoms with van der Waals surface area (Å²) >= 11 is 1.86. The molecule has 268 valence electrons. The summed E-state index contributed by atoms with van der Waals surface area (Å²) in [4.78, 5) is 2.33. The van der Waals surface area contributed by atoms with Crippen LogP contribution in [0.4, 0.5) is 17.1 Å². The molecule has 0 unspecified atom stereocenters. The van der Waals surface area contributed by atoms with Gasteiger partial charge in [0.15, 0.2) is 5.58 Å². The van der Waals surface area contributed by atoms with Crippen LogP contribution >= 0.6 is 11.3 Å². The first kappa shape index (κ1) is 33.2. The SMILES string of the molecule is c1ccc(-c2ccc(-c3ccc(N(c4ccc(-c5ccc6c(c5)sc5ccccc56)cc4)c4cccc5c4oc4c(-c6ccccc6)cccc45)cc3)cc2)cc1. The van der Waals surface area contributed by atoms with E-state index in [-0.39, 0.29) is 0 Å². The van der Waals surface area contributed by atoms with Gasteiger partial charge in [0.2, 0.25) is 0 Å². The lowest BCUT2D eigenvalue weighted by atomic mass is 10.00. The van der Waals surface area contributed by atoms with Crippen molar-refractivity contribution in [3.63, 3.8) is 0 Å². The molecule has 2 nitrogen and oxygen atoms in total. The van der Waals surface area contributed by atoms with Crippen molar-refractivity contribution in [3.8, 4) is 44.5 Å². The lowest BCUT2D eigenvalue weighted by Gasteiger charge is -2.26. The molecule has 2 aromatic heterocycles. The Bertz CT molecular complexity index is 3200. The Morgan fingerprint density at radius 1 is 0.316 bits per heavy atom. The highest BCUT2D eigenvalue weighted by molar-refractivity contribution is 7.25. The molecular formula is C54H35NOS. The van der Waals surface area contributed by atoms with E-state index in [1.54, 1.807) is 0 Å². The minimum atomic E-state index is 0.857. The van der Waals surface area contributed by atoms with Crippen LogP contribution in [0.2, 0.25) is 0 Å². The molecular weight excluding hydrogens is 711 g/mol. The van der Waals surface area contributed by atoms with Crippen molar-refractivity contribution in [3.05, 3.63) is 212 Å². The van der Waals surface area contributed by atoms with E-state index < -0.39 is 0 Å². The number of furan rings is 1. The van der Waals surface area contributed by atoms with E-state index in [2.05, 4.69) is 217 Å². The molecule has 0 spiro atoms. The Hall–Kier alpha value is -7.20. The first-order valence-electron chi connectivity index (χ1n) is 19.3. The zero-order valence-corrected chi connectivity index (χ0v) is 31.8. The van der Waals surface area contributed by atoms with Gasteiger partial charge >= 0.3 is 0 Å². The highest BCUT2D eigenvalue weighted by Gasteiger charge is 2.21. The number of anilines is 3. The second-order valence-electron chi connectivity index (χ2n) is 14.5. The summed E-state index contributed by atoms with van der Waals surface area (Å²) in [5.41, 5.74) is 14.2. The van der Waals surface area contributed by atoms with Crippen LogP contribution in [0.1, 0.15) is 0 Å². The predicted molar refractivity (Wildman–Crippen MR) is 243 cm³/mol. The fraction of sp³-hybridized carbons (Fsp3) is 0. The van der Waals surface area contributed by atoms with Gasteiger partial charge in [-0.1, -0.05) is 170 Å². The maximum Gasteiger partial charge on any atom is 0.159 e. The Labute approximate surface area is 335 Å². The molecule has 57 heavy (non-hydrogen) atoms. The first-order valence-corrected chi connectivity index (χ1v) is 20.1. The van der Waals surface area contributed by atoms with Crippen LogP contribution in [0.5, 0.6) is 0 Å². The van der Waals surface area contributed by atoms with Crippen LogP contribution in [0.3, 0.4) is 0 Å². The molecule has 3 heteroatoms. The van der Waals surface area contributed by atoms with Crippen molar-refractivity contribution in [1.29, 1.82) is 0 Å². The highest BCUT2D eigenvalue weighted by Crippen LogP contribution is 2.45. The highest BCUT2D eigenvalue weighted by atomic mass is 32.1. The fourth-order valence-electron chi connectivity index (χ4n) is 8.25. The molecule has 11 rings (SSSR count). The monoisotopic (exact) mass is 745 g/mol. The second kappa shape index (κ2) is 13.8. The van der Waals surface area contributed by atoms with E-state index in [0.717, 1.165) is 50.1 Å². The summed E-state index contributed by atoms with van der Waals surface area (Å²) in [5.74, 6) is 0. The molecule has 0 amide bonds. The quantitative estimate of drug-likeness (QED) is 0.162. The van der Waals surface area contributed by atoms with Gasteiger partial charge in [0.25, 0.3) is 0 Å². The second-order valence-corrected chi connectivity index (χ2v) is 15.6. The number of para-hydroxylation sites is 2. The van der Waals surface area contributed by atoms with Crippen LogP contribution < -0.4 is 4.90 Å². The molecule has 0 bridgehead atoms. The van der Waals surface area contributed by atoms with E-state index in [9.17, 15) is 0 Å². The largest absolute Gasteiger partial charge is 0.453 e. The van der Waals surface area contributed by atoms with Crippen LogP contribution in [-0.4, -0.2) is 0 Å². The van der Waals surface area contributed by atoms with Gasteiger partial charge in [0.1, 0.15) is 5.58 Å². The van der Waals surface area contributed by atoms with Crippen molar-refractivity contribution in [2.45, 2.75) is 0 Å². The van der Waals surface area contributed by atoms with Crippen LogP contribution in [0.25, 0.3) is 86.6 Å². The number of fused-ring (bicyclic) bond motifs is 6. The molecule has 0 atom stereocenters. The van der Waals surface area contributed by atoms with E-state index in [0.29, 0.717) is 0 Å². The average molecular weight is 746 g/mol. The summed E-state index contributed by atoms with van der Waals surface area (Å²) in [7, 11) is 0. The molecule has 0 fully saturated rings. The normalized spacial score (nSPS) is 11.5. The minimum Gasteiger partial charge on any atom is -0.453 e. The van der Waals surface area contributed by atoms with Crippen molar-refractivity contribution in [2.24, 2.45) is 0 Å². The van der Waals surface area contributed by atoms with Crippen molar-refractivity contribution >= 4 is 70.5 Å². The van der Waals surface area contributed by atoms with E-state index in [4.69, 9.17) is 4.42 Å². The third-order valence-electron chi connectivity index (χ3n) is 11.1. The summed E-state index contributed by atoms with van der Waals surface area (Å²) < 4.78 is 9.58. The smallest absolute Gasteiger partial charge is 0.159 e. The summed E-state index contributed by atoms with van der Waals surface area (Å²) in [6.45, 7) is 0. The standard InChI is InChI=1S/C54H35NOS/c1-3-11-36(12-4-1)37-21-23-38(24-22-37)39-25-30-43(31-26-39)55(44-32-27-40(28-33-44)42-29-34-47-46-15-7-8-20-51(46)57-52(47)35-42)50-19-10-18-49-48-17-9-16-45(53(48)56-54(49)50)41-13-5-2-6-14-41/h1-35H. The molecule has 0 saturated heterocycles. The molecule has 0 aliphatic heterocycles. The molecule has 0 radical (unpaired) electrons. The number of rotatable bonds is 7. The summed E-state index contributed by atoms with van der Waals surface area (Å²) in [6, 6.07) is 76.2. The number of hydrogen-bond acceptors (Lipinski definition) is 3. The van der Waals surface area contributed by atoms with Crippen molar-refractivity contribution in [2.75, 3.05) is 4.90 Å². The fourth-order valence-corrected chi connectivity index (χ4v) is 9.40. The molecule has 0 aliphatic rings. The van der Waals surface area contributed by atoms with Gasteiger partial charge in [-0.25, -0.2) is 0 Å². The summed E-state index contributed by atoms with van der Waals surface area (Å²) in [6.07, 6.45) is 0. The molecule has 2 heterocycles. The Kier molecular flexibility index (Phi) is 8.04. The number of nitrogens with zero attached hydrogens (tertiary/aromatic N) is 1. The zero-order chi connectivity index (χ0) is 37.7. The van der Waals surface area contributed by atoms with Gasteiger partial charge in [0, 0.05) is 47.9 Å². The van der Waals surface area contributed by atoms with E-state index in [1.165, 1.54) is 53.6 Å². The molecule has 9 aromatic carbocycles. The Morgan fingerprint density at radius 3 is 1.46 bits per heavy atom. The molecule has 0 saturated carbocycles. The number of benzene rings is 9. The lowest BCUT2D eigenvalue weighted by molar-refractivity contribution is 0.670. The van der Waals surface area contributed by atoms with Crippen LogP contribution in [-0.2, 0) is 0 Å². The van der Waals surface area contributed by atoms with Crippen LogP contribution in [0, 0.1) is 0 Å². The summed E-state index contributed by atoms with van der Waals surface area (Å²) in [5, 5.41) is 4.83. The zero-order valence-electron chi connectivity index (χ0n) is 31.0. The van der Waals surface area contributed by atoms with Crippen molar-refractivity contribution < 1.29 is 4.42 Å². The maximum absolute atomic E-state index is 6.95. The van der Waals surface area contributed by atoms with Gasteiger partial charge in [-0.15, -0.1) is 11.3 Å².